The maximum absolute atomic E-state index is 6.72. The molecule has 414 valence electrons. The van der Waals surface area contributed by atoms with E-state index in [4.69, 9.17) is 8.83 Å². The van der Waals surface area contributed by atoms with E-state index in [1.165, 1.54) is 77.3 Å². The molecule has 0 atom stereocenters. The Morgan fingerprint density at radius 2 is 0.667 bits per heavy atom. The van der Waals surface area contributed by atoms with Crippen LogP contribution in [0.15, 0.2) is 227 Å². The summed E-state index contributed by atoms with van der Waals surface area (Å²) >= 11 is 0. The molecule has 4 heteroatoms. The highest BCUT2D eigenvalue weighted by Crippen LogP contribution is 2.51. The Hall–Kier alpha value is -9.12. The standard InChI is InChI=1S/C80H72N2O2/c1-5-9-23-55-27-17-28-56(24-10-6-2)77(55)81(61-33-19-31-59(51-61)63-37-21-39-67-65-35-13-15-41-73(65)83-79(63)67)71-49-45-53-44-48-70-72(50-46-54-43-47-69(71)75(53)76(54)70)82(78-57(25-11-7-3)29-18-30-58(78)26-12-8-4)62-34-20-32-60(52-62)64-38-22-40-68-66-36-14-16-42-74(66)84-80(64)68/h13-22,27-52H,5-12,23-26H2,1-4H3. The molecular weight excluding hydrogens is 1020 g/mol. The fraction of sp³-hybridized carbons (Fsp3) is 0.200. The molecule has 0 aliphatic rings. The predicted octanol–water partition coefficient (Wildman–Crippen LogP) is 24.0. The molecule has 0 fully saturated rings. The number of para-hydroxylation sites is 6. The second-order valence-electron chi connectivity index (χ2n) is 23.2. The molecule has 0 saturated carbocycles. The summed E-state index contributed by atoms with van der Waals surface area (Å²) in [4.78, 5) is 5.27. The lowest BCUT2D eigenvalue weighted by Crippen LogP contribution is -2.16. The van der Waals surface area contributed by atoms with Crippen LogP contribution >= 0.6 is 0 Å². The highest BCUT2D eigenvalue weighted by Gasteiger charge is 2.27. The number of benzene rings is 12. The molecule has 0 bridgehead atoms. The Kier molecular flexibility index (Phi) is 14.4. The monoisotopic (exact) mass is 1090 g/mol. The molecule has 0 aliphatic carbocycles. The number of anilines is 6. The minimum atomic E-state index is 0.908. The number of nitrogens with zero attached hydrogens (tertiary/aromatic N) is 2. The minimum absolute atomic E-state index is 0.908. The van der Waals surface area contributed by atoms with Crippen molar-refractivity contribution in [2.24, 2.45) is 0 Å². The number of hydrogen-bond acceptors (Lipinski definition) is 4. The zero-order chi connectivity index (χ0) is 56.7. The van der Waals surface area contributed by atoms with Gasteiger partial charge in [0.25, 0.3) is 0 Å². The van der Waals surface area contributed by atoms with E-state index in [1.54, 1.807) is 0 Å². The lowest BCUT2D eigenvalue weighted by molar-refractivity contribution is 0.669. The Bertz CT molecular complexity index is 4360. The number of fused-ring (bicyclic) bond motifs is 6. The van der Waals surface area contributed by atoms with Crippen LogP contribution < -0.4 is 9.80 Å². The molecule has 2 aromatic heterocycles. The van der Waals surface area contributed by atoms with Gasteiger partial charge in [0.05, 0.1) is 22.7 Å². The van der Waals surface area contributed by atoms with Crippen molar-refractivity contribution in [1.29, 1.82) is 0 Å². The first-order valence-electron chi connectivity index (χ1n) is 31.1. The van der Waals surface area contributed by atoms with Crippen LogP contribution in [0.25, 0.3) is 98.4 Å². The zero-order valence-corrected chi connectivity index (χ0v) is 49.0. The van der Waals surface area contributed by atoms with E-state index in [9.17, 15) is 0 Å². The van der Waals surface area contributed by atoms with Crippen molar-refractivity contribution in [1.82, 2.24) is 0 Å². The topological polar surface area (TPSA) is 32.8 Å². The molecule has 12 aromatic carbocycles. The fourth-order valence-electron chi connectivity index (χ4n) is 13.7. The number of unbranched alkanes of at least 4 members (excludes halogenated alkanes) is 4. The van der Waals surface area contributed by atoms with Gasteiger partial charge in [-0.05, 0) is 155 Å². The average Bonchev–Trinajstić information content (AvgIpc) is 1.27. The third-order valence-corrected chi connectivity index (χ3v) is 17.8. The van der Waals surface area contributed by atoms with Gasteiger partial charge in [0.1, 0.15) is 22.3 Å². The number of hydrogen-bond donors (Lipinski definition) is 0. The molecule has 0 amide bonds. The number of aryl methyl sites for hydroxylation is 4. The quantitative estimate of drug-likeness (QED) is 0.0712. The molecule has 0 unspecified atom stereocenters. The third kappa shape index (κ3) is 9.33. The summed E-state index contributed by atoms with van der Waals surface area (Å²) in [7, 11) is 0. The first-order chi connectivity index (χ1) is 41.5. The lowest BCUT2D eigenvalue weighted by Gasteiger charge is -2.33. The molecule has 0 saturated heterocycles. The van der Waals surface area contributed by atoms with Gasteiger partial charge >= 0.3 is 0 Å². The number of furan rings is 2. The molecule has 14 rings (SSSR count). The van der Waals surface area contributed by atoms with Crippen LogP contribution in [0.4, 0.5) is 34.1 Å². The molecule has 84 heavy (non-hydrogen) atoms. The molecule has 0 spiro atoms. The molecule has 0 aliphatic heterocycles. The Morgan fingerprint density at radius 3 is 1.07 bits per heavy atom. The largest absolute Gasteiger partial charge is 0.455 e. The van der Waals surface area contributed by atoms with Crippen LogP contribution in [0, 0.1) is 0 Å². The zero-order valence-electron chi connectivity index (χ0n) is 49.0. The van der Waals surface area contributed by atoms with Gasteiger partial charge in [-0.3, -0.25) is 0 Å². The van der Waals surface area contributed by atoms with Gasteiger partial charge < -0.3 is 18.6 Å². The maximum atomic E-state index is 6.72. The van der Waals surface area contributed by atoms with E-state index in [0.717, 1.165) is 155 Å². The van der Waals surface area contributed by atoms with Crippen LogP contribution in [0.3, 0.4) is 0 Å². The maximum Gasteiger partial charge on any atom is 0.143 e. The van der Waals surface area contributed by atoms with E-state index < -0.39 is 0 Å². The van der Waals surface area contributed by atoms with Gasteiger partial charge in [0, 0.05) is 54.8 Å². The van der Waals surface area contributed by atoms with Gasteiger partial charge in [-0.1, -0.05) is 223 Å². The van der Waals surface area contributed by atoms with Crippen molar-refractivity contribution in [3.63, 3.8) is 0 Å². The van der Waals surface area contributed by atoms with Gasteiger partial charge in [0.15, 0.2) is 0 Å². The first-order valence-corrected chi connectivity index (χ1v) is 31.1. The Balaban J connectivity index is 1.01. The fourth-order valence-corrected chi connectivity index (χ4v) is 13.7. The SMILES string of the molecule is CCCCc1cccc(CCCC)c1N(c1cccc(-c2cccc3c2oc2ccccc23)c1)c1ccc2ccc3c(N(c4cccc(-c5cccc6c5oc5ccccc56)c4)c4c(CCCC)cccc4CCCC)ccc4ccc1c2c43. The van der Waals surface area contributed by atoms with E-state index in [1.807, 2.05) is 0 Å². The minimum Gasteiger partial charge on any atom is -0.455 e. The van der Waals surface area contributed by atoms with E-state index in [0.29, 0.717) is 0 Å². The first kappa shape index (κ1) is 52.9. The molecular formula is C80H72N2O2. The van der Waals surface area contributed by atoms with Crippen molar-refractivity contribution >= 4 is 110 Å². The van der Waals surface area contributed by atoms with Crippen LogP contribution in [-0.2, 0) is 25.7 Å². The predicted molar refractivity (Wildman–Crippen MR) is 359 cm³/mol. The van der Waals surface area contributed by atoms with Crippen molar-refractivity contribution in [3.05, 3.63) is 241 Å². The van der Waals surface area contributed by atoms with E-state index in [2.05, 4.69) is 256 Å². The summed E-state index contributed by atoms with van der Waals surface area (Å²) in [6.45, 7) is 9.25. The Morgan fingerprint density at radius 1 is 0.310 bits per heavy atom. The molecule has 4 nitrogen and oxygen atoms in total. The Labute approximate surface area is 493 Å². The second-order valence-corrected chi connectivity index (χ2v) is 23.2. The summed E-state index contributed by atoms with van der Waals surface area (Å²) < 4.78 is 13.4. The molecule has 14 aromatic rings. The summed E-state index contributed by atoms with van der Waals surface area (Å²) in [5.74, 6) is 0. The number of rotatable bonds is 20. The van der Waals surface area contributed by atoms with Gasteiger partial charge in [-0.2, -0.15) is 0 Å². The van der Waals surface area contributed by atoms with Crippen LogP contribution in [0.2, 0.25) is 0 Å². The normalized spacial score (nSPS) is 11.9. The highest BCUT2D eigenvalue weighted by atomic mass is 16.3. The summed E-state index contributed by atoms with van der Waals surface area (Å²) in [5, 5.41) is 12.1. The lowest BCUT2D eigenvalue weighted by atomic mass is 9.90. The van der Waals surface area contributed by atoms with Gasteiger partial charge in [-0.25, -0.2) is 0 Å². The molecule has 0 N–H and O–H groups in total. The second kappa shape index (κ2) is 22.9. The smallest absolute Gasteiger partial charge is 0.143 e. The van der Waals surface area contributed by atoms with Crippen molar-refractivity contribution in [2.75, 3.05) is 9.80 Å². The summed E-state index contributed by atoms with van der Waals surface area (Å²) in [6, 6.07) is 81.8. The van der Waals surface area contributed by atoms with Crippen molar-refractivity contribution < 1.29 is 8.83 Å². The molecule has 2 heterocycles. The van der Waals surface area contributed by atoms with E-state index in [-0.39, 0.29) is 0 Å². The van der Waals surface area contributed by atoms with Crippen LogP contribution in [-0.4, -0.2) is 0 Å². The van der Waals surface area contributed by atoms with E-state index >= 15 is 0 Å². The summed E-state index contributed by atoms with van der Waals surface area (Å²) in [5.41, 5.74) is 20.9. The van der Waals surface area contributed by atoms with Gasteiger partial charge in [-0.15, -0.1) is 0 Å². The van der Waals surface area contributed by atoms with Crippen molar-refractivity contribution in [3.8, 4) is 22.3 Å². The summed E-state index contributed by atoms with van der Waals surface area (Å²) in [6.07, 6.45) is 13.0. The van der Waals surface area contributed by atoms with Crippen LogP contribution in [0.5, 0.6) is 0 Å². The highest BCUT2D eigenvalue weighted by molar-refractivity contribution is 6.28. The van der Waals surface area contributed by atoms with Gasteiger partial charge in [0.2, 0.25) is 0 Å². The average molecular weight is 1090 g/mol. The molecule has 0 radical (unpaired) electrons. The van der Waals surface area contributed by atoms with Crippen LogP contribution in [0.1, 0.15) is 101 Å². The van der Waals surface area contributed by atoms with Crippen molar-refractivity contribution in [2.45, 2.75) is 105 Å². The third-order valence-electron chi connectivity index (χ3n) is 17.8.